The number of halogens is 3. The number of aromatic nitrogens is 2. The lowest BCUT2D eigenvalue weighted by atomic mass is 9.49. The number of carbonyl (C=O) groups excluding carboxylic acids is 1. The minimum absolute atomic E-state index is 0.0288. The third kappa shape index (κ3) is 4.65. The SMILES string of the molecule is O=C(Nc1ncnc2c1CCN(S(=O)(=O)Cc1ccc(C(F)(F)F)cc1)C2)C12CC3CC(CC(C3)C1)C2. The Labute approximate surface area is 213 Å². The molecule has 1 N–H and O–H groups in total. The Hall–Kier alpha value is -2.53. The molecule has 2 heterocycles. The van der Waals surface area contributed by atoms with Crippen LogP contribution < -0.4 is 5.32 Å². The molecule has 4 aliphatic carbocycles. The predicted octanol–water partition coefficient (Wildman–Crippen LogP) is 4.54. The normalized spacial score (nSPS) is 29.2. The number of amides is 1. The summed E-state index contributed by atoms with van der Waals surface area (Å²) in [6, 6.07) is 4.17. The lowest BCUT2D eigenvalue weighted by molar-refractivity contribution is -0.140. The number of rotatable bonds is 5. The van der Waals surface area contributed by atoms with Crippen LogP contribution in [0.3, 0.4) is 0 Å². The van der Waals surface area contributed by atoms with Gasteiger partial charge in [0.25, 0.3) is 0 Å². The van der Waals surface area contributed by atoms with Crippen LogP contribution in [-0.4, -0.2) is 35.1 Å². The molecule has 0 atom stereocenters. The zero-order valence-corrected chi connectivity index (χ0v) is 21.1. The maximum Gasteiger partial charge on any atom is 0.416 e. The molecule has 7 rings (SSSR count). The molecule has 0 saturated heterocycles. The second-order valence-corrected chi connectivity index (χ2v) is 13.3. The number of nitrogens with zero attached hydrogens (tertiary/aromatic N) is 3. The van der Waals surface area contributed by atoms with E-state index in [-0.39, 0.29) is 30.0 Å². The van der Waals surface area contributed by atoms with Gasteiger partial charge in [-0.1, -0.05) is 12.1 Å². The Kier molecular flexibility index (Phi) is 5.87. The molecule has 11 heteroatoms. The van der Waals surface area contributed by atoms with Crippen molar-refractivity contribution in [3.63, 3.8) is 0 Å². The van der Waals surface area contributed by atoms with E-state index in [1.807, 2.05) is 0 Å². The summed E-state index contributed by atoms with van der Waals surface area (Å²) in [6.45, 7) is 0.213. The van der Waals surface area contributed by atoms with E-state index < -0.39 is 27.5 Å². The highest BCUT2D eigenvalue weighted by Gasteiger charge is 2.54. The van der Waals surface area contributed by atoms with Gasteiger partial charge in [-0.05, 0) is 80.4 Å². The number of hydrogen-bond acceptors (Lipinski definition) is 5. The molecule has 37 heavy (non-hydrogen) atoms. The molecule has 7 nitrogen and oxygen atoms in total. The standard InChI is InChI=1S/C26H29F3N4O3S/c27-26(28,29)20-3-1-16(2-4-20)14-37(35,36)33-6-5-21-22(13-33)30-15-31-23(21)32-24(34)25-10-17-7-18(11-25)9-19(8-17)12-25/h1-4,15,17-19H,5-14H2,(H,30,31,32,34). The molecule has 5 aliphatic rings. The van der Waals surface area contributed by atoms with Crippen LogP contribution in [0.2, 0.25) is 0 Å². The number of fused-ring (bicyclic) bond motifs is 1. The summed E-state index contributed by atoms with van der Waals surface area (Å²) in [5.41, 5.74) is 0.433. The van der Waals surface area contributed by atoms with Gasteiger partial charge in [-0.3, -0.25) is 4.79 Å². The summed E-state index contributed by atoms with van der Waals surface area (Å²) in [5.74, 6) is 2.01. The van der Waals surface area contributed by atoms with Crippen molar-refractivity contribution in [1.29, 1.82) is 0 Å². The molecule has 0 spiro atoms. The molecule has 1 aliphatic heterocycles. The third-order valence-electron chi connectivity index (χ3n) is 8.75. The van der Waals surface area contributed by atoms with E-state index in [1.54, 1.807) is 0 Å². The topological polar surface area (TPSA) is 92.3 Å². The smallest absolute Gasteiger partial charge is 0.310 e. The highest BCUT2D eigenvalue weighted by Crippen LogP contribution is 2.60. The summed E-state index contributed by atoms with van der Waals surface area (Å²) in [4.78, 5) is 22.2. The van der Waals surface area contributed by atoms with Gasteiger partial charge in [0.2, 0.25) is 15.9 Å². The van der Waals surface area contributed by atoms with Gasteiger partial charge in [0.15, 0.2) is 0 Å². The molecule has 4 fully saturated rings. The maximum atomic E-state index is 13.5. The first-order valence-electron chi connectivity index (χ1n) is 12.8. The Morgan fingerprint density at radius 1 is 1.03 bits per heavy atom. The summed E-state index contributed by atoms with van der Waals surface area (Å²) in [5, 5.41) is 3.09. The molecule has 1 amide bonds. The van der Waals surface area contributed by atoms with Gasteiger partial charge >= 0.3 is 6.18 Å². The number of nitrogens with one attached hydrogen (secondary N) is 1. The van der Waals surface area contributed by atoms with Crippen molar-refractivity contribution >= 4 is 21.7 Å². The molecule has 4 bridgehead atoms. The number of hydrogen-bond donors (Lipinski definition) is 1. The first-order valence-corrected chi connectivity index (χ1v) is 14.4. The van der Waals surface area contributed by atoms with E-state index in [4.69, 9.17) is 0 Å². The molecule has 1 aromatic heterocycles. The van der Waals surface area contributed by atoms with Crippen LogP contribution in [-0.2, 0) is 39.7 Å². The number of anilines is 1. The van der Waals surface area contributed by atoms with Crippen molar-refractivity contribution in [2.24, 2.45) is 23.2 Å². The quantitative estimate of drug-likeness (QED) is 0.608. The van der Waals surface area contributed by atoms with Gasteiger partial charge in [-0.15, -0.1) is 0 Å². The zero-order valence-electron chi connectivity index (χ0n) is 20.3. The lowest BCUT2D eigenvalue weighted by Gasteiger charge is -2.55. The van der Waals surface area contributed by atoms with Gasteiger partial charge in [0.05, 0.1) is 29.0 Å². The molecule has 198 valence electrons. The van der Waals surface area contributed by atoms with Crippen molar-refractivity contribution in [2.45, 2.75) is 63.4 Å². The molecule has 1 aromatic carbocycles. The van der Waals surface area contributed by atoms with Crippen LogP contribution in [0, 0.1) is 23.2 Å². The van der Waals surface area contributed by atoms with Crippen LogP contribution in [0.5, 0.6) is 0 Å². The highest BCUT2D eigenvalue weighted by molar-refractivity contribution is 7.88. The largest absolute Gasteiger partial charge is 0.416 e. The fraction of sp³-hybridized carbons (Fsp3) is 0.577. The molecular formula is C26H29F3N4O3S. The monoisotopic (exact) mass is 534 g/mol. The molecule has 2 aromatic rings. The van der Waals surface area contributed by atoms with E-state index in [0.29, 0.717) is 35.7 Å². The lowest BCUT2D eigenvalue weighted by Crippen LogP contribution is -2.52. The molecule has 4 saturated carbocycles. The van der Waals surface area contributed by atoms with Crippen molar-refractivity contribution in [2.75, 3.05) is 11.9 Å². The van der Waals surface area contributed by atoms with Crippen LogP contribution in [0.1, 0.15) is 60.9 Å². The van der Waals surface area contributed by atoms with Crippen molar-refractivity contribution in [1.82, 2.24) is 14.3 Å². The summed E-state index contributed by atoms with van der Waals surface area (Å²) >= 11 is 0. The minimum atomic E-state index is -4.48. The minimum Gasteiger partial charge on any atom is -0.310 e. The number of sulfonamides is 1. The summed E-state index contributed by atoms with van der Waals surface area (Å²) in [6.07, 6.45) is 3.76. The Morgan fingerprint density at radius 2 is 1.65 bits per heavy atom. The van der Waals surface area contributed by atoms with Crippen LogP contribution >= 0.6 is 0 Å². The van der Waals surface area contributed by atoms with Crippen LogP contribution in [0.4, 0.5) is 19.0 Å². The van der Waals surface area contributed by atoms with Gasteiger partial charge in [-0.25, -0.2) is 18.4 Å². The van der Waals surface area contributed by atoms with Crippen molar-refractivity contribution in [3.05, 3.63) is 53.0 Å². The maximum absolute atomic E-state index is 13.5. The second kappa shape index (κ2) is 8.76. The number of alkyl halides is 3. The number of benzene rings is 1. The molecular weight excluding hydrogens is 505 g/mol. The highest BCUT2D eigenvalue weighted by atomic mass is 32.2. The van der Waals surface area contributed by atoms with Gasteiger partial charge in [0, 0.05) is 12.1 Å². The van der Waals surface area contributed by atoms with Gasteiger partial charge in [-0.2, -0.15) is 17.5 Å². The Balaban J connectivity index is 1.16. The van der Waals surface area contributed by atoms with E-state index >= 15 is 0 Å². The zero-order chi connectivity index (χ0) is 26.0. The van der Waals surface area contributed by atoms with Crippen LogP contribution in [0.15, 0.2) is 30.6 Å². The Bertz CT molecular complexity index is 1290. The third-order valence-corrected chi connectivity index (χ3v) is 10.5. The number of carbonyl (C=O) groups is 1. The van der Waals surface area contributed by atoms with Crippen molar-refractivity contribution < 1.29 is 26.4 Å². The second-order valence-electron chi connectivity index (χ2n) is 11.3. The van der Waals surface area contributed by atoms with Gasteiger partial charge in [0.1, 0.15) is 12.1 Å². The molecule has 0 unspecified atom stereocenters. The van der Waals surface area contributed by atoms with E-state index in [9.17, 15) is 26.4 Å². The fourth-order valence-corrected chi connectivity index (χ4v) is 8.88. The molecule has 0 radical (unpaired) electrons. The van der Waals surface area contributed by atoms with E-state index in [1.165, 1.54) is 42.0 Å². The first kappa shape index (κ1) is 24.8. The average molecular weight is 535 g/mol. The Morgan fingerprint density at radius 3 is 2.24 bits per heavy atom. The van der Waals surface area contributed by atoms with Crippen molar-refractivity contribution in [3.8, 4) is 0 Å². The van der Waals surface area contributed by atoms with E-state index in [0.717, 1.165) is 37.0 Å². The summed E-state index contributed by atoms with van der Waals surface area (Å²) < 4.78 is 65.9. The average Bonchev–Trinajstić information content (AvgIpc) is 2.82. The first-order chi connectivity index (χ1) is 17.5. The van der Waals surface area contributed by atoms with E-state index in [2.05, 4.69) is 15.3 Å². The fourth-order valence-electron chi connectivity index (χ4n) is 7.40. The van der Waals surface area contributed by atoms with Gasteiger partial charge < -0.3 is 5.32 Å². The summed E-state index contributed by atoms with van der Waals surface area (Å²) in [7, 11) is -3.79. The van der Waals surface area contributed by atoms with Crippen LogP contribution in [0.25, 0.3) is 0 Å². The predicted molar refractivity (Wildman–Crippen MR) is 129 cm³/mol.